The van der Waals surface area contributed by atoms with Gasteiger partial charge in [0.1, 0.15) is 12.6 Å². The van der Waals surface area contributed by atoms with Gasteiger partial charge in [0, 0.05) is 12.1 Å². The molecule has 3 aromatic rings. The summed E-state index contributed by atoms with van der Waals surface area (Å²) in [6.07, 6.45) is 0. The van der Waals surface area contributed by atoms with E-state index in [-0.39, 0.29) is 17.3 Å². The fraction of sp³-hybridized carbons (Fsp3) is 0.355. The van der Waals surface area contributed by atoms with Crippen LogP contribution in [0.3, 0.4) is 0 Å². The van der Waals surface area contributed by atoms with E-state index in [1.807, 2.05) is 71.9 Å². The van der Waals surface area contributed by atoms with Gasteiger partial charge in [-0.1, -0.05) is 54.6 Å². The third-order valence-corrected chi connectivity index (χ3v) is 8.50. The minimum Gasteiger partial charge on any atom is -0.350 e. The molecule has 208 valence electrons. The van der Waals surface area contributed by atoms with Crippen molar-refractivity contribution in [3.05, 3.63) is 95.1 Å². The van der Waals surface area contributed by atoms with Crippen molar-refractivity contribution in [3.8, 4) is 0 Å². The topological polar surface area (TPSA) is 86.8 Å². The van der Waals surface area contributed by atoms with Crippen LogP contribution in [0.25, 0.3) is 0 Å². The number of anilines is 1. The van der Waals surface area contributed by atoms with Gasteiger partial charge < -0.3 is 10.2 Å². The van der Waals surface area contributed by atoms with E-state index in [2.05, 4.69) is 5.32 Å². The summed E-state index contributed by atoms with van der Waals surface area (Å²) in [7, 11) is -4.09. The Balaban J connectivity index is 2.08. The monoisotopic (exact) mass is 549 g/mol. The van der Waals surface area contributed by atoms with Crippen molar-refractivity contribution in [2.75, 3.05) is 10.8 Å². The van der Waals surface area contributed by atoms with Crippen LogP contribution in [-0.2, 0) is 26.2 Å². The highest BCUT2D eigenvalue weighted by Crippen LogP contribution is 2.29. The molecule has 0 aromatic heterocycles. The van der Waals surface area contributed by atoms with Gasteiger partial charge in [0.15, 0.2) is 0 Å². The molecule has 0 fully saturated rings. The Morgan fingerprint density at radius 3 is 2.05 bits per heavy atom. The molecule has 1 N–H and O–H groups in total. The number of sulfonamides is 1. The molecule has 1 atom stereocenters. The number of amides is 2. The summed E-state index contributed by atoms with van der Waals surface area (Å²) in [5.41, 5.74) is 3.45. The van der Waals surface area contributed by atoms with Crippen LogP contribution in [0.1, 0.15) is 49.9 Å². The average Bonchev–Trinajstić information content (AvgIpc) is 2.87. The second-order valence-corrected chi connectivity index (χ2v) is 12.8. The molecule has 0 heterocycles. The number of benzene rings is 3. The number of hydrogen-bond acceptors (Lipinski definition) is 4. The third-order valence-electron chi connectivity index (χ3n) is 6.72. The second kappa shape index (κ2) is 12.0. The molecule has 39 heavy (non-hydrogen) atoms. The van der Waals surface area contributed by atoms with Crippen LogP contribution >= 0.6 is 0 Å². The lowest BCUT2D eigenvalue weighted by Gasteiger charge is -2.34. The Labute approximate surface area is 232 Å². The maximum Gasteiger partial charge on any atom is 0.264 e. The molecule has 0 bridgehead atoms. The fourth-order valence-electron chi connectivity index (χ4n) is 4.27. The number of nitrogens with zero attached hydrogens (tertiary/aromatic N) is 2. The van der Waals surface area contributed by atoms with Crippen LogP contribution in [0.4, 0.5) is 5.69 Å². The van der Waals surface area contributed by atoms with Gasteiger partial charge in [-0.15, -0.1) is 0 Å². The van der Waals surface area contributed by atoms with Crippen molar-refractivity contribution < 1.29 is 18.0 Å². The highest BCUT2D eigenvalue weighted by Gasteiger charge is 2.34. The number of hydrogen-bond donors (Lipinski definition) is 1. The van der Waals surface area contributed by atoms with E-state index in [0.717, 1.165) is 26.6 Å². The lowest BCUT2D eigenvalue weighted by Crippen LogP contribution is -2.54. The molecule has 0 saturated heterocycles. The van der Waals surface area contributed by atoms with E-state index < -0.39 is 34.1 Å². The molecular formula is C31H39N3O4S. The Bertz CT molecular complexity index is 1430. The summed E-state index contributed by atoms with van der Waals surface area (Å²) in [6.45, 7) is 12.7. The lowest BCUT2D eigenvalue weighted by atomic mass is 10.1. The molecule has 7 nitrogen and oxygen atoms in total. The van der Waals surface area contributed by atoms with Crippen LogP contribution in [0.15, 0.2) is 77.7 Å². The summed E-state index contributed by atoms with van der Waals surface area (Å²) >= 11 is 0. The normalized spacial score (nSPS) is 12.5. The lowest BCUT2D eigenvalue weighted by molar-refractivity contribution is -0.140. The van der Waals surface area contributed by atoms with Gasteiger partial charge in [-0.3, -0.25) is 13.9 Å². The Kier molecular flexibility index (Phi) is 9.22. The van der Waals surface area contributed by atoms with Gasteiger partial charge in [0.2, 0.25) is 11.8 Å². The molecule has 2 amide bonds. The first kappa shape index (κ1) is 29.9. The zero-order chi connectivity index (χ0) is 29.0. The molecule has 8 heteroatoms. The molecule has 0 unspecified atom stereocenters. The van der Waals surface area contributed by atoms with Crippen molar-refractivity contribution >= 4 is 27.5 Å². The first-order valence-corrected chi connectivity index (χ1v) is 14.5. The molecule has 0 aliphatic rings. The zero-order valence-corrected chi connectivity index (χ0v) is 24.7. The Morgan fingerprint density at radius 2 is 1.44 bits per heavy atom. The molecule has 3 aromatic carbocycles. The minimum atomic E-state index is -4.09. The first-order chi connectivity index (χ1) is 18.2. The Morgan fingerprint density at radius 1 is 0.846 bits per heavy atom. The number of aryl methyl sites for hydroxylation is 2. The van der Waals surface area contributed by atoms with Crippen LogP contribution in [0, 0.1) is 20.8 Å². The van der Waals surface area contributed by atoms with Crippen LogP contribution in [0.5, 0.6) is 0 Å². The molecule has 3 rings (SSSR count). The predicted octanol–water partition coefficient (Wildman–Crippen LogP) is 5.14. The predicted molar refractivity (Wildman–Crippen MR) is 156 cm³/mol. The number of carbonyl (C=O) groups is 2. The maximum absolute atomic E-state index is 14.1. The van der Waals surface area contributed by atoms with Crippen LogP contribution < -0.4 is 9.62 Å². The van der Waals surface area contributed by atoms with E-state index in [9.17, 15) is 18.0 Å². The van der Waals surface area contributed by atoms with Gasteiger partial charge >= 0.3 is 0 Å². The number of carbonyl (C=O) groups excluding carboxylic acids is 2. The van der Waals surface area contributed by atoms with Gasteiger partial charge in [-0.2, -0.15) is 0 Å². The summed E-state index contributed by atoms with van der Waals surface area (Å²) in [5, 5.41) is 2.95. The van der Waals surface area contributed by atoms with Crippen molar-refractivity contribution in [3.63, 3.8) is 0 Å². The van der Waals surface area contributed by atoms with Crippen molar-refractivity contribution in [1.82, 2.24) is 10.2 Å². The first-order valence-electron chi connectivity index (χ1n) is 13.0. The summed E-state index contributed by atoms with van der Waals surface area (Å²) in [5.74, 6) is -0.788. The van der Waals surface area contributed by atoms with Crippen molar-refractivity contribution in [2.45, 2.75) is 71.5 Å². The zero-order valence-electron chi connectivity index (χ0n) is 23.9. The third kappa shape index (κ3) is 7.26. The van der Waals surface area contributed by atoms with Crippen LogP contribution in [-0.4, -0.2) is 43.3 Å². The van der Waals surface area contributed by atoms with Crippen molar-refractivity contribution in [2.24, 2.45) is 0 Å². The fourth-order valence-corrected chi connectivity index (χ4v) is 5.76. The molecule has 0 spiro atoms. The van der Waals surface area contributed by atoms with E-state index in [1.54, 1.807) is 37.3 Å². The second-order valence-electron chi connectivity index (χ2n) is 10.9. The highest BCUT2D eigenvalue weighted by atomic mass is 32.2. The molecular weight excluding hydrogens is 510 g/mol. The largest absolute Gasteiger partial charge is 0.350 e. The number of nitrogens with one attached hydrogen (secondary N) is 1. The number of rotatable bonds is 9. The van der Waals surface area contributed by atoms with Crippen molar-refractivity contribution in [1.29, 1.82) is 0 Å². The highest BCUT2D eigenvalue weighted by molar-refractivity contribution is 7.92. The van der Waals surface area contributed by atoms with Gasteiger partial charge in [-0.25, -0.2) is 8.42 Å². The van der Waals surface area contributed by atoms with E-state index >= 15 is 0 Å². The summed E-state index contributed by atoms with van der Waals surface area (Å²) in [4.78, 5) is 28.8. The summed E-state index contributed by atoms with van der Waals surface area (Å²) in [6, 6.07) is 20.3. The molecule has 0 saturated carbocycles. The molecule has 0 aliphatic heterocycles. The Hall–Kier alpha value is -3.65. The standard InChI is InChI=1S/C31H39N3O4S/c1-22-15-13-19-28(24(22)3)34(39(37,38)27-17-9-8-10-18-27)21-29(35)33(20-26-16-12-11-14-23(26)2)25(4)30(36)32-31(5,6)7/h8-19,25H,20-21H2,1-7H3,(H,32,36)/t25-/m0/s1. The average molecular weight is 550 g/mol. The maximum atomic E-state index is 14.1. The van der Waals surface area contributed by atoms with E-state index in [1.165, 1.54) is 17.0 Å². The SMILES string of the molecule is Cc1ccccc1CN(C(=O)CN(c1cccc(C)c1C)S(=O)(=O)c1ccccc1)[C@@H](C)C(=O)NC(C)(C)C. The summed E-state index contributed by atoms with van der Waals surface area (Å²) < 4.78 is 29.0. The van der Waals surface area contributed by atoms with Gasteiger partial charge in [0.25, 0.3) is 10.0 Å². The van der Waals surface area contributed by atoms with Gasteiger partial charge in [0.05, 0.1) is 10.6 Å². The van der Waals surface area contributed by atoms with E-state index in [0.29, 0.717) is 5.69 Å². The minimum absolute atomic E-state index is 0.0858. The smallest absolute Gasteiger partial charge is 0.264 e. The quantitative estimate of drug-likeness (QED) is 0.401. The van der Waals surface area contributed by atoms with Gasteiger partial charge in [-0.05, 0) is 88.9 Å². The molecule has 0 aliphatic carbocycles. The van der Waals surface area contributed by atoms with E-state index in [4.69, 9.17) is 0 Å². The van der Waals surface area contributed by atoms with Crippen LogP contribution in [0.2, 0.25) is 0 Å². The molecule has 0 radical (unpaired) electrons.